The maximum absolute atomic E-state index is 11.2. The van der Waals surface area contributed by atoms with Crippen molar-refractivity contribution in [2.45, 2.75) is 0 Å². The third-order valence-corrected chi connectivity index (χ3v) is 0.565. The molecule has 0 radical (unpaired) electrons. The van der Waals surface area contributed by atoms with Crippen molar-refractivity contribution in [1.82, 2.24) is 0 Å². The summed E-state index contributed by atoms with van der Waals surface area (Å²) in [4.78, 5) is 20.3. The molecule has 0 atom stereocenters. The van der Waals surface area contributed by atoms with Crippen LogP contribution in [0.4, 0.5) is 4.39 Å². The molecule has 0 bridgehead atoms. The van der Waals surface area contributed by atoms with Gasteiger partial charge in [0.1, 0.15) is 0 Å². The van der Waals surface area contributed by atoms with E-state index in [1.807, 2.05) is 0 Å². The van der Waals surface area contributed by atoms with Gasteiger partial charge in [0.15, 0.2) is 0 Å². The molecule has 0 saturated heterocycles. The van der Waals surface area contributed by atoms with Crippen LogP contribution in [-0.2, 0) is 19.0 Å². The second kappa shape index (κ2) is 7.12. The third-order valence-electron chi connectivity index (χ3n) is 0.565. The van der Waals surface area contributed by atoms with Crippen LogP contribution < -0.4 is 0 Å². The minimum atomic E-state index is -2.41. The van der Waals surface area contributed by atoms with Crippen molar-refractivity contribution in [3.05, 3.63) is 0 Å². The first-order valence-electron chi connectivity index (χ1n) is 2.37. The maximum atomic E-state index is 11.2. The van der Waals surface area contributed by atoms with Gasteiger partial charge in [0.05, 0.1) is 0 Å². The van der Waals surface area contributed by atoms with E-state index in [1.54, 1.807) is 0 Å². The van der Waals surface area contributed by atoms with Gasteiger partial charge in [0, 0.05) is 0 Å². The molecule has 12 heavy (non-hydrogen) atoms. The first-order valence-corrected chi connectivity index (χ1v) is 2.37. The second-order valence-electron chi connectivity index (χ2n) is 1.27. The van der Waals surface area contributed by atoms with E-state index in [0.717, 1.165) is 0 Å². The molecule has 0 aliphatic rings. The third kappa shape index (κ3) is 6.18. The van der Waals surface area contributed by atoms with Crippen molar-refractivity contribution in [3.63, 3.8) is 0 Å². The molecule has 9 heteroatoms. The van der Waals surface area contributed by atoms with Crippen LogP contribution >= 0.6 is 0 Å². The van der Waals surface area contributed by atoms with Crippen LogP contribution in [0.3, 0.4) is 0 Å². The summed E-state index contributed by atoms with van der Waals surface area (Å²) in [7, 11) is -2.41. The van der Waals surface area contributed by atoms with Gasteiger partial charge in [0.25, 0.3) is 0 Å². The number of hydrogen-bond acceptors (Lipinski definition) is 6. The van der Waals surface area contributed by atoms with Gasteiger partial charge in [-0.15, -0.1) is 0 Å². The number of esters is 1. The molecule has 0 saturated carbocycles. The predicted octanol–water partition coefficient (Wildman–Crippen LogP) is -2.68. The molecule has 64 valence electrons. The Morgan fingerprint density at radius 2 is 1.83 bits per heavy atom. The van der Waals surface area contributed by atoms with Crippen molar-refractivity contribution in [1.29, 1.82) is 0 Å². The zero-order valence-electron chi connectivity index (χ0n) is 5.19. The van der Waals surface area contributed by atoms with Gasteiger partial charge in [-0.25, -0.2) is 14.0 Å². The van der Waals surface area contributed by atoms with E-state index in [2.05, 4.69) is 9.39 Å². The number of carbonyl (C=O) groups excluding carboxylic acids is 2. The molecule has 0 aliphatic carbocycles. The van der Waals surface area contributed by atoms with Crippen LogP contribution in [0.15, 0.2) is 0 Å². The Hall–Kier alpha value is -0.548. The van der Waals surface area contributed by atoms with E-state index in [-0.39, 0.29) is 18.9 Å². The normalized spacial score (nSPS) is 7.92. The first-order chi connectivity index (χ1) is 5.07. The summed E-state index contributed by atoms with van der Waals surface area (Å²) in [6, 6.07) is 0. The molecule has 0 rings (SSSR count). The van der Waals surface area contributed by atoms with Crippen LogP contribution in [0.25, 0.3) is 0 Å². The molecule has 0 aromatic carbocycles. The topological polar surface area (TPSA) is 93.1 Å². The SMILES string of the molecule is O=C(OCF)C(=O)OB(O)O.[LiH]. The van der Waals surface area contributed by atoms with Crippen LogP contribution in [0.1, 0.15) is 0 Å². The number of rotatable bonds is 2. The standard InChI is InChI=1S/C3H4BFO6.Li.H/c5-1-10-2(6)3(7)11-4(8)9;;/h8-9H,1H2;;. The van der Waals surface area contributed by atoms with Gasteiger partial charge in [-0.1, -0.05) is 0 Å². The van der Waals surface area contributed by atoms with Crippen molar-refractivity contribution < 1.29 is 33.4 Å². The number of halogens is 1. The summed E-state index contributed by atoms with van der Waals surface area (Å²) >= 11 is 0. The molecule has 0 aromatic rings. The molecular weight excluding hydrogens is 169 g/mol. The quantitative estimate of drug-likeness (QED) is 0.269. The molecule has 0 heterocycles. The van der Waals surface area contributed by atoms with E-state index in [4.69, 9.17) is 10.0 Å². The van der Waals surface area contributed by atoms with Gasteiger partial charge in [-0.3, -0.25) is 0 Å². The molecule has 0 aromatic heterocycles. The fourth-order valence-corrected chi connectivity index (χ4v) is 0.252. The van der Waals surface area contributed by atoms with Gasteiger partial charge in [-0.05, 0) is 0 Å². The van der Waals surface area contributed by atoms with Crippen molar-refractivity contribution in [2.24, 2.45) is 0 Å². The first kappa shape index (κ1) is 14.0. The number of alkyl halides is 1. The van der Waals surface area contributed by atoms with Crippen molar-refractivity contribution in [3.8, 4) is 0 Å². The van der Waals surface area contributed by atoms with Crippen LogP contribution in [0.5, 0.6) is 0 Å². The molecule has 6 nitrogen and oxygen atoms in total. The van der Waals surface area contributed by atoms with Crippen LogP contribution in [-0.4, -0.2) is 55.0 Å². The summed E-state index contributed by atoms with van der Waals surface area (Å²) < 4.78 is 18.2. The molecular formula is C3H5BFLiO6. The Bertz CT molecular complexity index is 163. The van der Waals surface area contributed by atoms with Gasteiger partial charge < -0.3 is 19.4 Å². The van der Waals surface area contributed by atoms with E-state index < -0.39 is 26.1 Å². The van der Waals surface area contributed by atoms with E-state index in [0.29, 0.717) is 0 Å². The average molecular weight is 174 g/mol. The average Bonchev–Trinajstić information content (AvgIpc) is 1.86. The molecule has 0 fully saturated rings. The Labute approximate surface area is 79.0 Å². The monoisotopic (exact) mass is 174 g/mol. The number of ether oxygens (including phenoxy) is 1. The van der Waals surface area contributed by atoms with Crippen LogP contribution in [0.2, 0.25) is 0 Å². The van der Waals surface area contributed by atoms with E-state index in [1.165, 1.54) is 0 Å². The van der Waals surface area contributed by atoms with Gasteiger partial charge in [0.2, 0.25) is 6.86 Å². The fraction of sp³-hybridized carbons (Fsp3) is 0.333. The number of hydrogen-bond donors (Lipinski definition) is 2. The Morgan fingerprint density at radius 3 is 2.17 bits per heavy atom. The van der Waals surface area contributed by atoms with Crippen molar-refractivity contribution in [2.75, 3.05) is 6.86 Å². The van der Waals surface area contributed by atoms with E-state index in [9.17, 15) is 14.0 Å². The molecule has 0 unspecified atom stereocenters. The second-order valence-corrected chi connectivity index (χ2v) is 1.27. The van der Waals surface area contributed by atoms with Crippen molar-refractivity contribution >= 4 is 38.1 Å². The Balaban J connectivity index is 0. The fourth-order valence-electron chi connectivity index (χ4n) is 0.252. The summed E-state index contributed by atoms with van der Waals surface area (Å²) in [5, 5.41) is 15.9. The molecule has 0 aliphatic heterocycles. The summed E-state index contributed by atoms with van der Waals surface area (Å²) in [6.07, 6.45) is 0. The molecule has 2 N–H and O–H groups in total. The molecule has 0 spiro atoms. The minimum absolute atomic E-state index is 0. The Kier molecular flexibility index (Phi) is 8.31. The summed E-state index contributed by atoms with van der Waals surface area (Å²) in [6.45, 7) is -1.48. The zero-order valence-corrected chi connectivity index (χ0v) is 5.19. The number of carbonyl (C=O) groups is 2. The zero-order chi connectivity index (χ0) is 8.85. The molecule has 0 amide bonds. The van der Waals surface area contributed by atoms with Crippen LogP contribution in [0, 0.1) is 0 Å². The Morgan fingerprint density at radius 1 is 1.33 bits per heavy atom. The van der Waals surface area contributed by atoms with E-state index >= 15 is 0 Å². The van der Waals surface area contributed by atoms with Gasteiger partial charge in [-0.2, -0.15) is 0 Å². The van der Waals surface area contributed by atoms with Gasteiger partial charge >= 0.3 is 38.1 Å². The summed E-state index contributed by atoms with van der Waals surface area (Å²) in [5.41, 5.74) is 0. The predicted molar refractivity (Wildman–Crippen MR) is 35.5 cm³/mol. The summed E-state index contributed by atoms with van der Waals surface area (Å²) in [5.74, 6) is -3.29.